The van der Waals surface area contributed by atoms with Gasteiger partial charge < -0.3 is 14.7 Å². The van der Waals surface area contributed by atoms with E-state index in [4.69, 9.17) is 4.52 Å². The van der Waals surface area contributed by atoms with Gasteiger partial charge in [0.1, 0.15) is 5.82 Å². The molecule has 0 spiro atoms. The number of pyridine rings is 1. The highest BCUT2D eigenvalue weighted by Crippen LogP contribution is 2.52. The predicted octanol–water partition coefficient (Wildman–Crippen LogP) is 3.78. The molecule has 10 heteroatoms. The van der Waals surface area contributed by atoms with Crippen LogP contribution < -0.4 is 10.2 Å². The molecule has 2 aromatic heterocycles. The second-order valence-electron chi connectivity index (χ2n) is 9.37. The quantitative estimate of drug-likeness (QED) is 0.486. The summed E-state index contributed by atoms with van der Waals surface area (Å²) in [4.78, 5) is 13.0. The number of piperazine rings is 1. The maximum atomic E-state index is 12.7. The zero-order chi connectivity index (χ0) is 24.5. The number of aromatic nitrogens is 3. The van der Waals surface area contributed by atoms with Gasteiger partial charge in [0.15, 0.2) is 5.82 Å². The van der Waals surface area contributed by atoms with E-state index in [1.165, 1.54) is 17.2 Å². The van der Waals surface area contributed by atoms with Crippen LogP contribution in [0.5, 0.6) is 0 Å². The third-order valence-electron chi connectivity index (χ3n) is 6.87. The van der Waals surface area contributed by atoms with Crippen molar-refractivity contribution in [1.82, 2.24) is 25.3 Å². The Kier molecular flexibility index (Phi) is 6.50. The number of benzene rings is 1. The van der Waals surface area contributed by atoms with Crippen LogP contribution in [0.2, 0.25) is 0 Å². The van der Waals surface area contributed by atoms with Crippen LogP contribution in [0.25, 0.3) is 0 Å². The maximum Gasteiger partial charge on any atom is 0.417 e. The van der Waals surface area contributed by atoms with Crippen molar-refractivity contribution >= 4 is 5.82 Å². The minimum absolute atomic E-state index is 0.102. The van der Waals surface area contributed by atoms with Crippen molar-refractivity contribution < 1.29 is 17.7 Å². The Balaban J connectivity index is 1.05. The van der Waals surface area contributed by atoms with Crippen molar-refractivity contribution in [2.45, 2.75) is 37.9 Å². The van der Waals surface area contributed by atoms with E-state index < -0.39 is 11.7 Å². The summed E-state index contributed by atoms with van der Waals surface area (Å²) in [5, 5.41) is 7.65. The van der Waals surface area contributed by atoms with Gasteiger partial charge in [-0.15, -0.1) is 0 Å². The van der Waals surface area contributed by atoms with E-state index in [1.807, 2.05) is 4.90 Å². The normalized spacial score (nSPS) is 18.1. The van der Waals surface area contributed by atoms with Gasteiger partial charge in [-0.1, -0.05) is 35.0 Å². The first-order valence-electron chi connectivity index (χ1n) is 11.9. The molecular weight excluding hydrogens is 457 g/mol. The number of alkyl halides is 3. The Bertz CT molecular complexity index is 1130. The van der Waals surface area contributed by atoms with E-state index in [9.17, 15) is 13.2 Å². The lowest BCUT2D eigenvalue weighted by Crippen LogP contribution is -2.48. The Morgan fingerprint density at radius 3 is 2.54 bits per heavy atom. The molecule has 1 N–H and O–H groups in total. The molecular formula is C25H29F3N6O. The fourth-order valence-corrected chi connectivity index (χ4v) is 4.60. The summed E-state index contributed by atoms with van der Waals surface area (Å²) >= 11 is 0. The average molecular weight is 487 g/mol. The summed E-state index contributed by atoms with van der Waals surface area (Å²) in [6.07, 6.45) is -1.38. The van der Waals surface area contributed by atoms with Gasteiger partial charge in [0.25, 0.3) is 0 Å². The van der Waals surface area contributed by atoms with Crippen LogP contribution in [0, 0.1) is 6.92 Å². The number of aryl methyl sites for hydroxylation is 1. The van der Waals surface area contributed by atoms with Crippen molar-refractivity contribution in [3.63, 3.8) is 0 Å². The zero-order valence-corrected chi connectivity index (χ0v) is 19.7. The molecule has 1 saturated carbocycles. The molecule has 1 saturated heterocycles. The highest BCUT2D eigenvalue weighted by molar-refractivity contribution is 5.41. The molecule has 2 aliphatic rings. The van der Waals surface area contributed by atoms with Gasteiger partial charge in [-0.25, -0.2) is 4.98 Å². The molecule has 1 aliphatic heterocycles. The van der Waals surface area contributed by atoms with E-state index in [-0.39, 0.29) is 5.41 Å². The predicted molar refractivity (Wildman–Crippen MR) is 125 cm³/mol. The lowest BCUT2D eigenvalue weighted by atomic mass is 9.94. The minimum atomic E-state index is -4.36. The summed E-state index contributed by atoms with van der Waals surface area (Å²) in [5.74, 6) is 1.95. The number of nitrogens with zero attached hydrogens (tertiary/aromatic N) is 5. The van der Waals surface area contributed by atoms with Crippen LogP contribution in [0.4, 0.5) is 19.0 Å². The minimum Gasteiger partial charge on any atom is -0.354 e. The number of anilines is 1. The van der Waals surface area contributed by atoms with Crippen LogP contribution in [0.1, 0.15) is 41.2 Å². The van der Waals surface area contributed by atoms with Crippen molar-refractivity contribution in [1.29, 1.82) is 0 Å². The Hall–Kier alpha value is -2.98. The lowest BCUT2D eigenvalue weighted by molar-refractivity contribution is -0.137. The summed E-state index contributed by atoms with van der Waals surface area (Å²) in [7, 11) is 0. The van der Waals surface area contributed by atoms with E-state index in [1.54, 1.807) is 0 Å². The van der Waals surface area contributed by atoms with Crippen LogP contribution in [0.3, 0.4) is 0 Å². The number of halogens is 3. The lowest BCUT2D eigenvalue weighted by Gasteiger charge is -2.35. The van der Waals surface area contributed by atoms with E-state index in [0.29, 0.717) is 18.3 Å². The summed E-state index contributed by atoms with van der Waals surface area (Å²) in [6.45, 7) is 7.37. The fraction of sp³-hybridized carbons (Fsp3) is 0.480. The van der Waals surface area contributed by atoms with Crippen molar-refractivity contribution in [3.05, 3.63) is 71.0 Å². The first-order chi connectivity index (χ1) is 16.8. The summed E-state index contributed by atoms with van der Waals surface area (Å²) < 4.78 is 43.7. The third-order valence-corrected chi connectivity index (χ3v) is 6.87. The molecule has 0 atom stereocenters. The SMILES string of the molecule is Cc1cccc(C2(c3noc(CNCCN4CCN(c5ccc(C(F)(F)F)cn5)CC4)n3)CC2)c1. The first kappa shape index (κ1) is 23.7. The maximum absolute atomic E-state index is 12.7. The molecule has 3 heterocycles. The Labute approximate surface area is 202 Å². The van der Waals surface area contributed by atoms with Crippen molar-refractivity contribution in [3.8, 4) is 0 Å². The molecule has 35 heavy (non-hydrogen) atoms. The molecule has 3 aromatic rings. The van der Waals surface area contributed by atoms with Gasteiger partial charge in [-0.3, -0.25) is 4.90 Å². The second-order valence-corrected chi connectivity index (χ2v) is 9.37. The van der Waals surface area contributed by atoms with E-state index in [0.717, 1.165) is 70.2 Å². The highest BCUT2D eigenvalue weighted by Gasteiger charge is 2.50. The van der Waals surface area contributed by atoms with Crippen molar-refractivity contribution in [2.24, 2.45) is 0 Å². The van der Waals surface area contributed by atoms with Crippen molar-refractivity contribution in [2.75, 3.05) is 44.2 Å². The first-order valence-corrected chi connectivity index (χ1v) is 11.9. The van der Waals surface area contributed by atoms with Gasteiger partial charge in [0.05, 0.1) is 17.5 Å². The van der Waals surface area contributed by atoms with Gasteiger partial charge in [0, 0.05) is 45.5 Å². The average Bonchev–Trinajstić information content (AvgIpc) is 3.53. The Morgan fingerprint density at radius 1 is 1.09 bits per heavy atom. The molecule has 0 radical (unpaired) electrons. The molecule has 5 rings (SSSR count). The molecule has 0 unspecified atom stereocenters. The smallest absolute Gasteiger partial charge is 0.354 e. The molecule has 0 bridgehead atoms. The van der Waals surface area contributed by atoms with Crippen LogP contribution in [-0.2, 0) is 18.1 Å². The number of hydrogen-bond acceptors (Lipinski definition) is 7. The third kappa shape index (κ3) is 5.33. The van der Waals surface area contributed by atoms with Gasteiger partial charge in [0.2, 0.25) is 5.89 Å². The fourth-order valence-electron chi connectivity index (χ4n) is 4.60. The standard InChI is InChI=1S/C25H29F3N6O/c1-18-3-2-4-19(15-18)24(7-8-24)23-31-22(35-32-23)17-29-9-10-33-11-13-34(14-12-33)21-6-5-20(16-30-21)25(26,27)28/h2-6,15-16,29H,7-14,17H2,1H3. The molecule has 2 fully saturated rings. The van der Waals surface area contributed by atoms with Crippen LogP contribution in [0.15, 0.2) is 47.1 Å². The topological polar surface area (TPSA) is 70.3 Å². The van der Waals surface area contributed by atoms with Gasteiger partial charge in [-0.05, 0) is 37.5 Å². The van der Waals surface area contributed by atoms with E-state index >= 15 is 0 Å². The van der Waals surface area contributed by atoms with Crippen LogP contribution >= 0.6 is 0 Å². The monoisotopic (exact) mass is 486 g/mol. The summed E-state index contributed by atoms with van der Waals surface area (Å²) in [5.41, 5.74) is 1.66. The summed E-state index contributed by atoms with van der Waals surface area (Å²) in [6, 6.07) is 11.1. The van der Waals surface area contributed by atoms with Gasteiger partial charge in [-0.2, -0.15) is 18.2 Å². The largest absolute Gasteiger partial charge is 0.417 e. The molecule has 186 valence electrons. The second kappa shape index (κ2) is 9.58. The van der Waals surface area contributed by atoms with Crippen LogP contribution in [-0.4, -0.2) is 59.3 Å². The molecule has 0 amide bonds. The number of nitrogens with one attached hydrogen (secondary N) is 1. The Morgan fingerprint density at radius 2 is 1.89 bits per heavy atom. The molecule has 1 aliphatic carbocycles. The molecule has 7 nitrogen and oxygen atoms in total. The van der Waals surface area contributed by atoms with Gasteiger partial charge >= 0.3 is 6.18 Å². The highest BCUT2D eigenvalue weighted by atomic mass is 19.4. The number of rotatable bonds is 8. The zero-order valence-electron chi connectivity index (χ0n) is 19.7. The molecule has 1 aromatic carbocycles. The number of hydrogen-bond donors (Lipinski definition) is 1. The van der Waals surface area contributed by atoms with E-state index in [2.05, 4.69) is 56.5 Å².